The molecule has 1 amide bonds. The normalized spacial score (nSPS) is 9.72. The van der Waals surface area contributed by atoms with E-state index in [1.807, 2.05) is 6.07 Å². The summed E-state index contributed by atoms with van der Waals surface area (Å²) in [6.45, 7) is 0. The van der Waals surface area contributed by atoms with E-state index in [-0.39, 0.29) is 5.75 Å². The van der Waals surface area contributed by atoms with Crippen LogP contribution in [0.3, 0.4) is 0 Å². The third-order valence-corrected chi connectivity index (χ3v) is 2.53. The number of amides is 1. The summed E-state index contributed by atoms with van der Waals surface area (Å²) in [6.07, 6.45) is 0. The van der Waals surface area contributed by atoms with Crippen molar-refractivity contribution in [3.8, 4) is 22.9 Å². The Morgan fingerprint density at radius 3 is 2.61 bits per heavy atom. The summed E-state index contributed by atoms with van der Waals surface area (Å²) >= 11 is 0. The number of rotatable bonds is 2. The fourth-order valence-corrected chi connectivity index (χ4v) is 1.69. The molecule has 0 heterocycles. The van der Waals surface area contributed by atoms with Crippen molar-refractivity contribution in [2.24, 2.45) is 5.73 Å². The predicted molar refractivity (Wildman–Crippen MR) is 66.8 cm³/mol. The highest BCUT2D eigenvalue weighted by molar-refractivity contribution is 5.94. The zero-order chi connectivity index (χ0) is 13.1. The monoisotopic (exact) mass is 238 g/mol. The van der Waals surface area contributed by atoms with Gasteiger partial charge in [-0.1, -0.05) is 12.1 Å². The van der Waals surface area contributed by atoms with Gasteiger partial charge in [-0.25, -0.2) is 0 Å². The molecule has 2 aromatic rings. The molecular formula is C14H10N2O2. The van der Waals surface area contributed by atoms with Gasteiger partial charge in [0.25, 0.3) is 0 Å². The van der Waals surface area contributed by atoms with Crippen LogP contribution >= 0.6 is 0 Å². The highest BCUT2D eigenvalue weighted by atomic mass is 16.3. The molecule has 0 aromatic heterocycles. The molecule has 0 aliphatic rings. The van der Waals surface area contributed by atoms with Gasteiger partial charge >= 0.3 is 0 Å². The summed E-state index contributed by atoms with van der Waals surface area (Å²) < 4.78 is 0. The lowest BCUT2D eigenvalue weighted by Gasteiger charge is -2.05. The molecule has 4 heteroatoms. The fourth-order valence-electron chi connectivity index (χ4n) is 1.69. The molecule has 0 saturated heterocycles. The second-order valence-electron chi connectivity index (χ2n) is 3.83. The zero-order valence-corrected chi connectivity index (χ0v) is 9.42. The van der Waals surface area contributed by atoms with Gasteiger partial charge in [0.2, 0.25) is 5.91 Å². The average molecular weight is 238 g/mol. The van der Waals surface area contributed by atoms with Gasteiger partial charge in [-0.3, -0.25) is 4.79 Å². The number of carbonyl (C=O) groups excluding carboxylic acids is 1. The van der Waals surface area contributed by atoms with Gasteiger partial charge in [0, 0.05) is 5.56 Å². The van der Waals surface area contributed by atoms with Gasteiger partial charge in [0.1, 0.15) is 5.75 Å². The van der Waals surface area contributed by atoms with E-state index in [1.54, 1.807) is 30.3 Å². The summed E-state index contributed by atoms with van der Waals surface area (Å²) in [7, 11) is 0. The van der Waals surface area contributed by atoms with Crippen LogP contribution in [0, 0.1) is 11.3 Å². The SMILES string of the molecule is N#Cc1cc(O)cc(-c2cccc(C(N)=O)c2)c1. The van der Waals surface area contributed by atoms with Crippen molar-refractivity contribution in [3.05, 3.63) is 53.6 Å². The Kier molecular flexibility index (Phi) is 2.98. The minimum atomic E-state index is -0.516. The number of phenols is 1. The molecule has 88 valence electrons. The Hall–Kier alpha value is -2.80. The summed E-state index contributed by atoms with van der Waals surface area (Å²) in [4.78, 5) is 11.1. The Morgan fingerprint density at radius 2 is 1.94 bits per heavy atom. The van der Waals surface area contributed by atoms with E-state index in [9.17, 15) is 9.90 Å². The van der Waals surface area contributed by atoms with Gasteiger partial charge < -0.3 is 10.8 Å². The maximum Gasteiger partial charge on any atom is 0.248 e. The van der Waals surface area contributed by atoms with E-state index >= 15 is 0 Å². The largest absolute Gasteiger partial charge is 0.508 e. The van der Waals surface area contributed by atoms with Crippen molar-refractivity contribution in [1.82, 2.24) is 0 Å². The number of phenolic OH excluding ortho intramolecular Hbond substituents is 1. The van der Waals surface area contributed by atoms with Crippen LogP contribution in [-0.2, 0) is 0 Å². The van der Waals surface area contributed by atoms with Crippen molar-refractivity contribution in [2.75, 3.05) is 0 Å². The molecule has 4 nitrogen and oxygen atoms in total. The number of carbonyl (C=O) groups is 1. The molecule has 0 saturated carbocycles. The lowest BCUT2D eigenvalue weighted by atomic mass is 10.0. The molecule has 2 rings (SSSR count). The average Bonchev–Trinajstić information content (AvgIpc) is 2.38. The first-order chi connectivity index (χ1) is 8.60. The molecule has 0 spiro atoms. The van der Waals surface area contributed by atoms with E-state index in [1.165, 1.54) is 12.1 Å². The lowest BCUT2D eigenvalue weighted by Crippen LogP contribution is -2.10. The Morgan fingerprint density at radius 1 is 1.17 bits per heavy atom. The Balaban J connectivity index is 2.55. The summed E-state index contributed by atoms with van der Waals surface area (Å²) in [5, 5.41) is 18.4. The predicted octanol–water partition coefficient (Wildman–Crippen LogP) is 2.03. The van der Waals surface area contributed by atoms with Crippen LogP contribution in [0.5, 0.6) is 5.75 Å². The van der Waals surface area contributed by atoms with Crippen LogP contribution in [-0.4, -0.2) is 11.0 Å². The molecule has 0 aliphatic heterocycles. The summed E-state index contributed by atoms with van der Waals surface area (Å²) in [5.41, 5.74) is 7.33. The second-order valence-corrected chi connectivity index (χ2v) is 3.83. The van der Waals surface area contributed by atoms with E-state index in [0.717, 1.165) is 5.56 Å². The number of hydrogen-bond donors (Lipinski definition) is 2. The number of hydrogen-bond acceptors (Lipinski definition) is 3. The molecule has 0 unspecified atom stereocenters. The van der Waals surface area contributed by atoms with Gasteiger partial charge in [0.05, 0.1) is 11.6 Å². The van der Waals surface area contributed by atoms with Crippen molar-refractivity contribution in [3.63, 3.8) is 0 Å². The highest BCUT2D eigenvalue weighted by Gasteiger charge is 2.05. The number of primary amides is 1. The first kappa shape index (κ1) is 11.7. The van der Waals surface area contributed by atoms with Crippen molar-refractivity contribution < 1.29 is 9.90 Å². The van der Waals surface area contributed by atoms with E-state index < -0.39 is 5.91 Å². The molecule has 2 aromatic carbocycles. The lowest BCUT2D eigenvalue weighted by molar-refractivity contribution is 0.100. The number of nitriles is 1. The second kappa shape index (κ2) is 4.60. The Bertz CT molecular complexity index is 657. The fraction of sp³-hybridized carbons (Fsp3) is 0. The van der Waals surface area contributed by atoms with Crippen LogP contribution in [0.25, 0.3) is 11.1 Å². The van der Waals surface area contributed by atoms with Gasteiger partial charge in [-0.05, 0) is 41.5 Å². The quantitative estimate of drug-likeness (QED) is 0.839. The standard InChI is InChI=1S/C14H10N2O2/c15-8-9-4-12(7-13(17)5-9)10-2-1-3-11(6-10)14(16)18/h1-7,17H,(H2,16,18). The molecular weight excluding hydrogens is 228 g/mol. The first-order valence-corrected chi connectivity index (χ1v) is 5.24. The van der Waals surface area contributed by atoms with Crippen molar-refractivity contribution in [2.45, 2.75) is 0 Å². The first-order valence-electron chi connectivity index (χ1n) is 5.24. The Labute approximate surface area is 104 Å². The van der Waals surface area contributed by atoms with Crippen molar-refractivity contribution >= 4 is 5.91 Å². The highest BCUT2D eigenvalue weighted by Crippen LogP contribution is 2.25. The number of benzene rings is 2. The van der Waals surface area contributed by atoms with E-state index in [4.69, 9.17) is 11.0 Å². The van der Waals surface area contributed by atoms with Gasteiger partial charge in [-0.15, -0.1) is 0 Å². The number of aromatic hydroxyl groups is 1. The van der Waals surface area contributed by atoms with Crippen LogP contribution in [0.4, 0.5) is 0 Å². The summed E-state index contributed by atoms with van der Waals surface area (Å²) in [5.74, 6) is -0.508. The number of nitrogens with zero attached hydrogens (tertiary/aromatic N) is 1. The summed E-state index contributed by atoms with van der Waals surface area (Å²) in [6, 6.07) is 13.2. The number of nitrogens with two attached hydrogens (primary N) is 1. The van der Waals surface area contributed by atoms with Crippen molar-refractivity contribution in [1.29, 1.82) is 5.26 Å². The molecule has 3 N–H and O–H groups in total. The van der Waals surface area contributed by atoms with Crippen LogP contribution in [0.1, 0.15) is 15.9 Å². The zero-order valence-electron chi connectivity index (χ0n) is 9.42. The van der Waals surface area contributed by atoms with E-state index in [0.29, 0.717) is 16.7 Å². The smallest absolute Gasteiger partial charge is 0.248 e. The molecule has 18 heavy (non-hydrogen) atoms. The maximum atomic E-state index is 11.1. The van der Waals surface area contributed by atoms with Crippen LogP contribution < -0.4 is 5.73 Å². The molecule has 0 aliphatic carbocycles. The molecule has 0 radical (unpaired) electrons. The molecule has 0 bridgehead atoms. The van der Waals surface area contributed by atoms with Crippen LogP contribution in [0.15, 0.2) is 42.5 Å². The minimum absolute atomic E-state index is 0.00790. The van der Waals surface area contributed by atoms with Gasteiger partial charge in [-0.2, -0.15) is 5.26 Å². The minimum Gasteiger partial charge on any atom is -0.508 e. The van der Waals surface area contributed by atoms with Gasteiger partial charge in [0.15, 0.2) is 0 Å². The van der Waals surface area contributed by atoms with Crippen LogP contribution in [0.2, 0.25) is 0 Å². The maximum absolute atomic E-state index is 11.1. The third-order valence-electron chi connectivity index (χ3n) is 2.53. The molecule has 0 atom stereocenters. The topological polar surface area (TPSA) is 87.1 Å². The molecule has 0 fully saturated rings. The van der Waals surface area contributed by atoms with E-state index in [2.05, 4.69) is 0 Å². The third kappa shape index (κ3) is 2.30.